The maximum Gasteiger partial charge on any atom is 0.244 e. The predicted molar refractivity (Wildman–Crippen MR) is 97.0 cm³/mol. The lowest BCUT2D eigenvalue weighted by atomic mass is 10.1. The van der Waals surface area contributed by atoms with Gasteiger partial charge in [-0.2, -0.15) is 5.26 Å². The van der Waals surface area contributed by atoms with Gasteiger partial charge < -0.3 is 5.32 Å². The summed E-state index contributed by atoms with van der Waals surface area (Å²) in [6.45, 7) is 1.88. The normalized spacial score (nSPS) is 12.2. The predicted octanol–water partition coefficient (Wildman–Crippen LogP) is 3.75. The van der Waals surface area contributed by atoms with E-state index < -0.39 is 0 Å². The lowest BCUT2D eigenvalue weighted by Crippen LogP contribution is -2.24. The number of nitrogens with zero attached hydrogens (tertiary/aromatic N) is 3. The number of nitrogens with one attached hydrogen (secondary N) is 1. The van der Waals surface area contributed by atoms with Crippen LogP contribution < -0.4 is 5.32 Å². The van der Waals surface area contributed by atoms with E-state index in [2.05, 4.69) is 16.4 Å². The summed E-state index contributed by atoms with van der Waals surface area (Å²) in [7, 11) is 0. The van der Waals surface area contributed by atoms with Gasteiger partial charge in [0.2, 0.25) is 5.91 Å². The molecule has 0 aliphatic heterocycles. The van der Waals surface area contributed by atoms with Gasteiger partial charge in [-0.05, 0) is 42.8 Å². The third-order valence-corrected chi connectivity index (χ3v) is 4.09. The van der Waals surface area contributed by atoms with Gasteiger partial charge in [-0.3, -0.25) is 9.20 Å². The molecule has 0 aliphatic carbocycles. The summed E-state index contributed by atoms with van der Waals surface area (Å²) in [6, 6.07) is 14.6. The molecule has 0 fully saturated rings. The fraction of sp³-hybridized carbons (Fsp3) is 0.105. The van der Waals surface area contributed by atoms with Crippen LogP contribution in [0, 0.1) is 11.3 Å². The fourth-order valence-electron chi connectivity index (χ4n) is 2.48. The van der Waals surface area contributed by atoms with Crippen molar-refractivity contribution in [2.75, 3.05) is 0 Å². The Balaban J connectivity index is 1.72. The minimum absolute atomic E-state index is 0.178. The zero-order chi connectivity index (χ0) is 17.8. The first-order valence-corrected chi connectivity index (χ1v) is 8.07. The zero-order valence-electron chi connectivity index (χ0n) is 13.5. The van der Waals surface area contributed by atoms with Crippen molar-refractivity contribution in [2.45, 2.75) is 13.0 Å². The van der Waals surface area contributed by atoms with E-state index in [-0.39, 0.29) is 11.9 Å². The summed E-state index contributed by atoms with van der Waals surface area (Å²) in [5.74, 6) is -0.237. The maximum absolute atomic E-state index is 12.2. The standard InChI is InChI=1S/C19H15ClN4O/c1-13(15-7-5-14(12-21)6-8-15)22-18(25)10-9-16-19(20)23-17-4-2-3-11-24(16)17/h2-11,13H,1H3,(H,22,25)/b10-9+. The van der Waals surface area contributed by atoms with Crippen molar-refractivity contribution in [2.24, 2.45) is 0 Å². The minimum atomic E-state index is -0.237. The molecular weight excluding hydrogens is 336 g/mol. The Kier molecular flexibility index (Phi) is 4.82. The number of rotatable bonds is 4. The molecule has 1 atom stereocenters. The van der Waals surface area contributed by atoms with Crippen LogP contribution in [0.1, 0.15) is 29.8 Å². The quantitative estimate of drug-likeness (QED) is 0.728. The topological polar surface area (TPSA) is 70.2 Å². The first-order chi connectivity index (χ1) is 12.1. The zero-order valence-corrected chi connectivity index (χ0v) is 14.2. The molecule has 0 bridgehead atoms. The van der Waals surface area contributed by atoms with E-state index in [1.807, 2.05) is 47.9 Å². The third-order valence-electron chi connectivity index (χ3n) is 3.81. The van der Waals surface area contributed by atoms with Crippen LogP contribution in [0.3, 0.4) is 0 Å². The molecular formula is C19H15ClN4O. The van der Waals surface area contributed by atoms with Gasteiger partial charge in [0.15, 0.2) is 5.15 Å². The molecule has 6 heteroatoms. The molecule has 0 radical (unpaired) electrons. The van der Waals surface area contributed by atoms with E-state index in [1.54, 1.807) is 18.2 Å². The first-order valence-electron chi connectivity index (χ1n) is 7.69. The number of pyridine rings is 1. The second-order valence-corrected chi connectivity index (χ2v) is 5.87. The Bertz CT molecular complexity index is 983. The molecule has 3 rings (SSSR count). The Morgan fingerprint density at radius 2 is 2.08 bits per heavy atom. The first kappa shape index (κ1) is 16.7. The van der Waals surface area contributed by atoms with E-state index in [9.17, 15) is 4.79 Å². The molecule has 0 saturated carbocycles. The molecule has 1 unspecified atom stereocenters. The highest BCUT2D eigenvalue weighted by molar-refractivity contribution is 6.31. The Hall–Kier alpha value is -3.10. The van der Waals surface area contributed by atoms with Crippen LogP contribution in [0.25, 0.3) is 11.7 Å². The van der Waals surface area contributed by atoms with E-state index in [0.29, 0.717) is 16.4 Å². The van der Waals surface area contributed by atoms with Gasteiger partial charge in [-0.1, -0.05) is 29.8 Å². The van der Waals surface area contributed by atoms with Crippen molar-refractivity contribution in [1.29, 1.82) is 5.26 Å². The number of benzene rings is 1. The van der Waals surface area contributed by atoms with E-state index in [4.69, 9.17) is 16.9 Å². The van der Waals surface area contributed by atoms with Gasteiger partial charge in [-0.25, -0.2) is 4.98 Å². The van der Waals surface area contributed by atoms with Gasteiger partial charge in [0.1, 0.15) is 5.65 Å². The average molecular weight is 351 g/mol. The van der Waals surface area contributed by atoms with Gasteiger partial charge in [0.05, 0.1) is 23.4 Å². The molecule has 0 aliphatic rings. The second kappa shape index (κ2) is 7.20. The summed E-state index contributed by atoms with van der Waals surface area (Å²) in [6.07, 6.45) is 4.91. The minimum Gasteiger partial charge on any atom is -0.346 e. The third kappa shape index (κ3) is 3.70. The number of halogens is 1. The molecule has 1 amide bonds. The fourth-order valence-corrected chi connectivity index (χ4v) is 2.72. The highest BCUT2D eigenvalue weighted by Crippen LogP contribution is 2.19. The van der Waals surface area contributed by atoms with Crippen molar-refractivity contribution in [3.63, 3.8) is 0 Å². The second-order valence-electron chi connectivity index (χ2n) is 5.51. The number of nitriles is 1. The number of amides is 1. The number of imidazole rings is 1. The van der Waals surface area contributed by atoms with Crippen LogP contribution in [0.4, 0.5) is 0 Å². The summed E-state index contributed by atoms with van der Waals surface area (Å²) in [5.41, 5.74) is 2.88. The number of hydrogen-bond donors (Lipinski definition) is 1. The van der Waals surface area contributed by atoms with Crippen LogP contribution in [0.5, 0.6) is 0 Å². The Morgan fingerprint density at radius 3 is 2.80 bits per heavy atom. The summed E-state index contributed by atoms with van der Waals surface area (Å²) >= 11 is 6.14. The summed E-state index contributed by atoms with van der Waals surface area (Å²) < 4.78 is 1.82. The molecule has 0 spiro atoms. The molecule has 0 saturated heterocycles. The van der Waals surface area contributed by atoms with Gasteiger partial charge >= 0.3 is 0 Å². The SMILES string of the molecule is CC(NC(=O)/C=C/c1c(Cl)nc2ccccn12)c1ccc(C#N)cc1. The number of aromatic nitrogens is 2. The average Bonchev–Trinajstić information content (AvgIpc) is 2.95. The summed E-state index contributed by atoms with van der Waals surface area (Å²) in [4.78, 5) is 16.4. The summed E-state index contributed by atoms with van der Waals surface area (Å²) in [5, 5.41) is 12.0. The van der Waals surface area contributed by atoms with Crippen LogP contribution in [0.15, 0.2) is 54.7 Å². The monoisotopic (exact) mass is 350 g/mol. The molecule has 2 heterocycles. The lowest BCUT2D eigenvalue weighted by Gasteiger charge is -2.12. The van der Waals surface area contributed by atoms with Gasteiger partial charge in [-0.15, -0.1) is 0 Å². The van der Waals surface area contributed by atoms with E-state index in [0.717, 1.165) is 11.2 Å². The number of carbonyl (C=O) groups is 1. The molecule has 25 heavy (non-hydrogen) atoms. The van der Waals surface area contributed by atoms with Crippen LogP contribution in [0.2, 0.25) is 5.15 Å². The highest BCUT2D eigenvalue weighted by atomic mass is 35.5. The Morgan fingerprint density at radius 1 is 1.32 bits per heavy atom. The molecule has 1 aromatic carbocycles. The van der Waals surface area contributed by atoms with Crippen LogP contribution in [-0.2, 0) is 4.79 Å². The van der Waals surface area contributed by atoms with Crippen molar-refractivity contribution in [3.8, 4) is 6.07 Å². The van der Waals surface area contributed by atoms with Crippen molar-refractivity contribution >= 4 is 29.2 Å². The molecule has 124 valence electrons. The number of fused-ring (bicyclic) bond motifs is 1. The molecule has 2 aromatic heterocycles. The van der Waals surface area contributed by atoms with Crippen LogP contribution >= 0.6 is 11.6 Å². The smallest absolute Gasteiger partial charge is 0.244 e. The van der Waals surface area contributed by atoms with Gasteiger partial charge in [0.25, 0.3) is 0 Å². The van der Waals surface area contributed by atoms with Crippen molar-refractivity contribution in [1.82, 2.24) is 14.7 Å². The van der Waals surface area contributed by atoms with Crippen LogP contribution in [-0.4, -0.2) is 15.3 Å². The van der Waals surface area contributed by atoms with Crippen molar-refractivity contribution in [3.05, 3.63) is 76.7 Å². The largest absolute Gasteiger partial charge is 0.346 e. The molecule has 1 N–H and O–H groups in total. The lowest BCUT2D eigenvalue weighted by molar-refractivity contribution is -0.117. The maximum atomic E-state index is 12.2. The molecule has 3 aromatic rings. The van der Waals surface area contributed by atoms with Gasteiger partial charge in [0, 0.05) is 12.3 Å². The highest BCUT2D eigenvalue weighted by Gasteiger charge is 2.10. The van der Waals surface area contributed by atoms with E-state index >= 15 is 0 Å². The Labute approximate surface area is 150 Å². The van der Waals surface area contributed by atoms with E-state index in [1.165, 1.54) is 6.08 Å². The number of carbonyl (C=O) groups excluding carboxylic acids is 1. The number of hydrogen-bond acceptors (Lipinski definition) is 3. The molecule has 5 nitrogen and oxygen atoms in total. The van der Waals surface area contributed by atoms with Crippen molar-refractivity contribution < 1.29 is 4.79 Å².